The van der Waals surface area contributed by atoms with Gasteiger partial charge in [0.05, 0.1) is 9.95 Å². The first kappa shape index (κ1) is 19.0. The van der Waals surface area contributed by atoms with Crippen LogP contribution in [0, 0.1) is 10.1 Å². The molecular formula is C19H21ClN4O3S. The molecule has 0 aliphatic carbocycles. The van der Waals surface area contributed by atoms with Crippen molar-refractivity contribution in [3.8, 4) is 0 Å². The Morgan fingerprint density at radius 1 is 1.04 bits per heavy atom. The van der Waals surface area contributed by atoms with Crippen molar-refractivity contribution >= 4 is 45.9 Å². The van der Waals surface area contributed by atoms with E-state index in [4.69, 9.17) is 11.6 Å². The Morgan fingerprint density at radius 3 is 2.36 bits per heavy atom. The van der Waals surface area contributed by atoms with Gasteiger partial charge in [-0.15, -0.1) is 11.3 Å². The van der Waals surface area contributed by atoms with Crippen molar-refractivity contribution in [2.24, 2.45) is 0 Å². The van der Waals surface area contributed by atoms with E-state index in [0.717, 1.165) is 31.6 Å². The van der Waals surface area contributed by atoms with Crippen LogP contribution >= 0.6 is 22.9 Å². The molecule has 0 radical (unpaired) electrons. The normalized spacial score (nSPS) is 17.2. The molecule has 4 rings (SSSR count). The molecule has 2 aliphatic heterocycles. The summed E-state index contributed by atoms with van der Waals surface area (Å²) >= 11 is 7.45. The van der Waals surface area contributed by atoms with Gasteiger partial charge < -0.3 is 14.7 Å². The highest BCUT2D eigenvalue weighted by Crippen LogP contribution is 2.35. The number of thiophene rings is 1. The number of hydrogen-bond donors (Lipinski definition) is 0. The topological polar surface area (TPSA) is 69.9 Å². The monoisotopic (exact) mass is 420 g/mol. The lowest BCUT2D eigenvalue weighted by Crippen LogP contribution is -2.48. The molecule has 0 atom stereocenters. The number of rotatable bonds is 4. The van der Waals surface area contributed by atoms with Gasteiger partial charge in [-0.2, -0.15) is 0 Å². The molecule has 0 N–H and O–H groups in total. The highest BCUT2D eigenvalue weighted by atomic mass is 35.5. The number of anilines is 2. The van der Waals surface area contributed by atoms with Crippen LogP contribution in [0.5, 0.6) is 0 Å². The quantitative estimate of drug-likeness (QED) is 0.554. The van der Waals surface area contributed by atoms with E-state index in [-0.39, 0.29) is 16.5 Å². The molecule has 0 saturated carbocycles. The third-order valence-corrected chi connectivity index (χ3v) is 6.68. The van der Waals surface area contributed by atoms with E-state index in [9.17, 15) is 14.9 Å². The van der Waals surface area contributed by atoms with Crippen molar-refractivity contribution in [3.63, 3.8) is 0 Å². The molecule has 0 bridgehead atoms. The minimum atomic E-state index is -0.307. The number of nitro groups is 1. The second kappa shape index (κ2) is 7.97. The maximum Gasteiger partial charge on any atom is 0.292 e. The summed E-state index contributed by atoms with van der Waals surface area (Å²) in [5, 5.41) is 13.8. The Hall–Kier alpha value is -2.32. The van der Waals surface area contributed by atoms with Crippen LogP contribution in [0.4, 0.5) is 17.1 Å². The molecule has 9 heteroatoms. The molecule has 7 nitrogen and oxygen atoms in total. The Bertz CT molecular complexity index is 889. The van der Waals surface area contributed by atoms with Crippen LogP contribution in [0.15, 0.2) is 29.6 Å². The van der Waals surface area contributed by atoms with Gasteiger partial charge in [0, 0.05) is 51.0 Å². The van der Waals surface area contributed by atoms with Crippen LogP contribution in [0.2, 0.25) is 5.02 Å². The van der Waals surface area contributed by atoms with Crippen LogP contribution in [0.3, 0.4) is 0 Å². The lowest BCUT2D eigenvalue weighted by atomic mass is 10.2. The lowest BCUT2D eigenvalue weighted by Gasteiger charge is -2.36. The summed E-state index contributed by atoms with van der Waals surface area (Å²) in [7, 11) is 0. The number of halogens is 1. The third-order valence-electron chi connectivity index (χ3n) is 5.35. The SMILES string of the molecule is O=C(c1sccc1Cl)N1CCN(c2ccc([N+](=O)[O-])c(N3CCCC3)c2)CC1. The molecule has 1 aromatic heterocycles. The number of nitrogens with zero attached hydrogens (tertiary/aromatic N) is 4. The standard InChI is InChI=1S/C19H21ClN4O3S/c20-15-5-12-28-18(15)19(25)23-10-8-21(9-11-23)14-3-4-16(24(26)27)17(13-14)22-6-1-2-7-22/h3-5,12-13H,1-2,6-11H2. The number of hydrogen-bond acceptors (Lipinski definition) is 6. The zero-order chi connectivity index (χ0) is 19.7. The largest absolute Gasteiger partial charge is 0.368 e. The van der Waals surface area contributed by atoms with Crippen molar-refractivity contribution in [3.05, 3.63) is 49.7 Å². The summed E-state index contributed by atoms with van der Waals surface area (Å²) in [6, 6.07) is 7.08. The van der Waals surface area contributed by atoms with Crippen molar-refractivity contribution < 1.29 is 9.72 Å². The average molecular weight is 421 g/mol. The fourth-order valence-corrected chi connectivity index (χ4v) is 4.93. The van der Waals surface area contributed by atoms with E-state index in [1.54, 1.807) is 12.1 Å². The lowest BCUT2D eigenvalue weighted by molar-refractivity contribution is -0.384. The van der Waals surface area contributed by atoms with Crippen molar-refractivity contribution in [2.45, 2.75) is 12.8 Å². The van der Waals surface area contributed by atoms with Gasteiger partial charge in [-0.1, -0.05) is 11.6 Å². The van der Waals surface area contributed by atoms with E-state index in [2.05, 4.69) is 9.80 Å². The van der Waals surface area contributed by atoms with Crippen LogP contribution in [-0.2, 0) is 0 Å². The first-order valence-electron chi connectivity index (χ1n) is 9.35. The van der Waals surface area contributed by atoms with Gasteiger partial charge in [0.15, 0.2) is 0 Å². The van der Waals surface area contributed by atoms with Gasteiger partial charge in [-0.25, -0.2) is 0 Å². The van der Waals surface area contributed by atoms with Crippen LogP contribution < -0.4 is 9.80 Å². The van der Waals surface area contributed by atoms with Gasteiger partial charge >= 0.3 is 0 Å². The summed E-state index contributed by atoms with van der Waals surface area (Å²) in [4.78, 5) is 30.4. The molecule has 1 aromatic carbocycles. The van der Waals surface area contributed by atoms with E-state index in [1.165, 1.54) is 11.3 Å². The Kier molecular flexibility index (Phi) is 5.41. The summed E-state index contributed by atoms with van der Waals surface area (Å²) < 4.78 is 0. The van der Waals surface area contributed by atoms with Gasteiger partial charge in [0.2, 0.25) is 0 Å². The number of benzene rings is 1. The van der Waals surface area contributed by atoms with Crippen molar-refractivity contribution in [2.75, 3.05) is 49.1 Å². The number of carbonyl (C=O) groups excluding carboxylic acids is 1. The predicted octanol–water partition coefficient (Wildman–Crippen LogP) is 3.87. The molecule has 2 aromatic rings. The summed E-state index contributed by atoms with van der Waals surface area (Å²) in [6.07, 6.45) is 2.13. The minimum Gasteiger partial charge on any atom is -0.368 e. The van der Waals surface area contributed by atoms with E-state index >= 15 is 0 Å². The molecule has 0 unspecified atom stereocenters. The molecule has 3 heterocycles. The highest BCUT2D eigenvalue weighted by Gasteiger charge is 2.27. The van der Waals surface area contributed by atoms with Gasteiger partial charge in [0.1, 0.15) is 10.6 Å². The van der Waals surface area contributed by atoms with Crippen LogP contribution in [0.25, 0.3) is 0 Å². The van der Waals surface area contributed by atoms with Gasteiger partial charge in [-0.05, 0) is 36.4 Å². The summed E-state index contributed by atoms with van der Waals surface area (Å²) in [5.41, 5.74) is 1.82. The maximum absolute atomic E-state index is 12.6. The predicted molar refractivity (Wildman–Crippen MR) is 112 cm³/mol. The second-order valence-corrected chi connectivity index (χ2v) is 8.32. The molecule has 28 heavy (non-hydrogen) atoms. The molecular weight excluding hydrogens is 400 g/mol. The summed E-state index contributed by atoms with van der Waals surface area (Å²) in [5.74, 6) is -0.0268. The third kappa shape index (κ3) is 3.66. The van der Waals surface area contributed by atoms with E-state index < -0.39 is 0 Å². The minimum absolute atomic E-state index is 0.0268. The molecule has 148 valence electrons. The molecule has 2 fully saturated rings. The molecule has 2 aliphatic rings. The first-order valence-corrected chi connectivity index (χ1v) is 10.6. The molecule has 1 amide bonds. The second-order valence-electron chi connectivity index (χ2n) is 7.00. The number of carbonyl (C=O) groups is 1. The Balaban J connectivity index is 1.48. The first-order chi connectivity index (χ1) is 13.5. The number of nitro benzene ring substituents is 1. The Morgan fingerprint density at radius 2 is 1.75 bits per heavy atom. The molecule has 0 spiro atoms. The Labute approximate surface area is 172 Å². The fraction of sp³-hybridized carbons (Fsp3) is 0.421. The smallest absolute Gasteiger partial charge is 0.292 e. The van der Waals surface area contributed by atoms with E-state index in [1.807, 2.05) is 22.4 Å². The van der Waals surface area contributed by atoms with Crippen LogP contribution in [-0.4, -0.2) is 55.0 Å². The fourth-order valence-electron chi connectivity index (χ4n) is 3.83. The maximum atomic E-state index is 12.6. The van der Waals surface area contributed by atoms with Crippen LogP contribution in [0.1, 0.15) is 22.5 Å². The number of amides is 1. The van der Waals surface area contributed by atoms with Gasteiger partial charge in [0.25, 0.3) is 11.6 Å². The van der Waals surface area contributed by atoms with Gasteiger partial charge in [-0.3, -0.25) is 14.9 Å². The highest BCUT2D eigenvalue weighted by molar-refractivity contribution is 7.12. The van der Waals surface area contributed by atoms with Crippen molar-refractivity contribution in [1.82, 2.24) is 4.90 Å². The summed E-state index contributed by atoms with van der Waals surface area (Å²) in [6.45, 7) is 4.28. The zero-order valence-corrected chi connectivity index (χ0v) is 16.9. The zero-order valence-electron chi connectivity index (χ0n) is 15.3. The molecule has 2 saturated heterocycles. The number of piperazine rings is 1. The van der Waals surface area contributed by atoms with E-state index in [0.29, 0.717) is 41.8 Å². The average Bonchev–Trinajstić information content (AvgIpc) is 3.39. The van der Waals surface area contributed by atoms with Crippen molar-refractivity contribution in [1.29, 1.82) is 0 Å².